The van der Waals surface area contributed by atoms with Crippen molar-refractivity contribution in [1.82, 2.24) is 19.9 Å². The summed E-state index contributed by atoms with van der Waals surface area (Å²) in [5, 5.41) is 6.11. The summed E-state index contributed by atoms with van der Waals surface area (Å²) in [6.45, 7) is 6.79. The molecule has 0 unspecified atom stereocenters. The Labute approximate surface area is 235 Å². The monoisotopic (exact) mass is 565 g/mol. The fraction of sp³-hybridized carbons (Fsp3) is 0.276. The molecule has 1 saturated heterocycles. The molecule has 12 heteroatoms. The first-order chi connectivity index (χ1) is 19.8. The molecule has 2 aromatic heterocycles. The Kier molecular flexibility index (Phi) is 8.50. The molecule has 5 rings (SSSR count). The number of aromatic nitrogens is 3. The van der Waals surface area contributed by atoms with Crippen LogP contribution < -0.4 is 15.5 Å². The van der Waals surface area contributed by atoms with E-state index in [2.05, 4.69) is 30.5 Å². The van der Waals surface area contributed by atoms with Gasteiger partial charge in [0.1, 0.15) is 5.82 Å². The van der Waals surface area contributed by atoms with Crippen LogP contribution in [0.4, 0.5) is 42.0 Å². The minimum atomic E-state index is -4.54. The van der Waals surface area contributed by atoms with Crippen molar-refractivity contribution in [2.24, 2.45) is 0 Å². The van der Waals surface area contributed by atoms with Crippen LogP contribution in [0.15, 0.2) is 73.2 Å². The molecule has 9 nitrogen and oxygen atoms in total. The normalized spacial score (nSPS) is 14.0. The average Bonchev–Trinajstić information content (AvgIpc) is 3.50. The van der Waals surface area contributed by atoms with Crippen molar-refractivity contribution in [2.45, 2.75) is 13.1 Å². The predicted octanol–water partition coefficient (Wildman–Crippen LogP) is 5.60. The summed E-state index contributed by atoms with van der Waals surface area (Å²) in [5.41, 5.74) is 1.82. The van der Waals surface area contributed by atoms with Crippen molar-refractivity contribution in [2.75, 3.05) is 54.9 Å². The van der Waals surface area contributed by atoms with E-state index in [9.17, 15) is 18.0 Å². The van der Waals surface area contributed by atoms with Gasteiger partial charge in [0.2, 0.25) is 5.95 Å². The number of rotatable bonds is 9. The lowest BCUT2D eigenvalue weighted by Crippen LogP contribution is -2.39. The lowest BCUT2D eigenvalue weighted by atomic mass is 10.1. The molecule has 3 N–H and O–H groups in total. The molecule has 0 atom stereocenters. The van der Waals surface area contributed by atoms with E-state index < -0.39 is 17.6 Å². The number of nitrogens with one attached hydrogen (secondary N) is 3. The molecule has 4 aromatic rings. The summed E-state index contributed by atoms with van der Waals surface area (Å²) in [6.07, 6.45) is 0.508. The Bertz CT molecular complexity index is 1470. The molecule has 0 radical (unpaired) electrons. The number of pyridine rings is 1. The maximum atomic E-state index is 13.2. The van der Waals surface area contributed by atoms with Crippen molar-refractivity contribution in [3.63, 3.8) is 0 Å². The van der Waals surface area contributed by atoms with Crippen LogP contribution in [0.2, 0.25) is 0 Å². The fourth-order valence-corrected chi connectivity index (χ4v) is 4.54. The molecule has 0 bridgehead atoms. The number of halogens is 3. The first kappa shape index (κ1) is 28.1. The van der Waals surface area contributed by atoms with Gasteiger partial charge in [0.25, 0.3) is 5.91 Å². The zero-order chi connectivity index (χ0) is 28.8. The number of benzene rings is 2. The Morgan fingerprint density at radius 2 is 1.90 bits per heavy atom. The third-order valence-corrected chi connectivity index (χ3v) is 6.70. The SMILES string of the molecule is Cc1ccc(NC(=O)c2cccc(C(F)(F)F)c2)cc1N(c1ccnc(NCCN2CCOCC2)c1)c1ncc[nH]1. The maximum absolute atomic E-state index is 13.2. The molecule has 1 fully saturated rings. The van der Waals surface area contributed by atoms with E-state index in [-0.39, 0.29) is 5.56 Å². The zero-order valence-electron chi connectivity index (χ0n) is 22.4. The van der Waals surface area contributed by atoms with Crippen molar-refractivity contribution in [3.8, 4) is 0 Å². The second-order valence-corrected chi connectivity index (χ2v) is 9.56. The maximum Gasteiger partial charge on any atom is 0.416 e. The van der Waals surface area contributed by atoms with Crippen LogP contribution in [0.1, 0.15) is 21.5 Å². The second-order valence-electron chi connectivity index (χ2n) is 9.56. The van der Waals surface area contributed by atoms with E-state index in [0.717, 1.165) is 56.2 Å². The summed E-state index contributed by atoms with van der Waals surface area (Å²) in [7, 11) is 0. The van der Waals surface area contributed by atoms with Crippen molar-refractivity contribution in [3.05, 3.63) is 89.9 Å². The molecule has 214 valence electrons. The van der Waals surface area contributed by atoms with Crippen LogP contribution >= 0.6 is 0 Å². The van der Waals surface area contributed by atoms with E-state index in [1.165, 1.54) is 12.1 Å². The number of ether oxygens (including phenoxy) is 1. The summed E-state index contributed by atoms with van der Waals surface area (Å²) >= 11 is 0. The first-order valence-corrected chi connectivity index (χ1v) is 13.2. The highest BCUT2D eigenvalue weighted by Crippen LogP contribution is 2.37. The van der Waals surface area contributed by atoms with Crippen molar-refractivity contribution < 1.29 is 22.7 Å². The van der Waals surface area contributed by atoms with Gasteiger partial charge in [0, 0.05) is 62.1 Å². The third-order valence-electron chi connectivity index (χ3n) is 6.70. The van der Waals surface area contributed by atoms with E-state index in [1.807, 2.05) is 30.0 Å². The largest absolute Gasteiger partial charge is 0.416 e. The number of amides is 1. The second kappa shape index (κ2) is 12.4. The van der Waals surface area contributed by atoms with Gasteiger partial charge in [0.05, 0.1) is 30.2 Å². The minimum Gasteiger partial charge on any atom is -0.379 e. The van der Waals surface area contributed by atoms with E-state index in [1.54, 1.807) is 30.7 Å². The number of aromatic amines is 1. The number of H-pyrrole nitrogens is 1. The molecule has 0 spiro atoms. The van der Waals surface area contributed by atoms with Gasteiger partial charge in [0.15, 0.2) is 0 Å². The van der Waals surface area contributed by atoms with Gasteiger partial charge in [-0.25, -0.2) is 9.97 Å². The molecule has 41 heavy (non-hydrogen) atoms. The summed E-state index contributed by atoms with van der Waals surface area (Å²) in [5.74, 6) is 0.588. The standard InChI is InChI=1S/C29H30F3N7O2/c1-20-5-6-23(37-27(40)21-3-2-4-22(17-21)29(30,31)32)18-25(20)39(28-35-9-10-36-28)24-7-8-33-26(19-24)34-11-12-38-13-15-41-16-14-38/h2-10,17-19H,11-16H2,1H3,(H,33,34)(H,35,36)(H,37,40). The number of imidazole rings is 1. The Morgan fingerprint density at radius 3 is 2.66 bits per heavy atom. The number of carbonyl (C=O) groups is 1. The van der Waals surface area contributed by atoms with Gasteiger partial charge < -0.3 is 20.4 Å². The van der Waals surface area contributed by atoms with Gasteiger partial charge in [-0.15, -0.1) is 0 Å². The number of alkyl halides is 3. The van der Waals surface area contributed by atoms with Gasteiger partial charge in [-0.1, -0.05) is 12.1 Å². The number of hydrogen-bond acceptors (Lipinski definition) is 7. The molecule has 1 amide bonds. The van der Waals surface area contributed by atoms with Crippen LogP contribution in [0.25, 0.3) is 0 Å². The highest BCUT2D eigenvalue weighted by molar-refractivity contribution is 6.04. The van der Waals surface area contributed by atoms with Crippen LogP contribution in [0.3, 0.4) is 0 Å². The zero-order valence-corrected chi connectivity index (χ0v) is 22.4. The number of anilines is 5. The number of aryl methyl sites for hydroxylation is 1. The Hall–Kier alpha value is -4.42. The smallest absolute Gasteiger partial charge is 0.379 e. The van der Waals surface area contributed by atoms with Crippen LogP contribution in [-0.2, 0) is 10.9 Å². The Morgan fingerprint density at radius 1 is 1.07 bits per heavy atom. The Balaban J connectivity index is 1.38. The summed E-state index contributed by atoms with van der Waals surface area (Å²) < 4.78 is 44.9. The number of nitrogens with zero attached hydrogens (tertiary/aromatic N) is 4. The quantitative estimate of drug-likeness (QED) is 0.243. The topological polar surface area (TPSA) is 98.4 Å². The van der Waals surface area contributed by atoms with Crippen LogP contribution in [0.5, 0.6) is 0 Å². The number of hydrogen-bond donors (Lipinski definition) is 3. The molecule has 0 aliphatic carbocycles. The van der Waals surface area contributed by atoms with Gasteiger partial charge >= 0.3 is 6.18 Å². The minimum absolute atomic E-state index is 0.0910. The number of carbonyl (C=O) groups excluding carboxylic acids is 1. The van der Waals surface area contributed by atoms with Crippen molar-refractivity contribution >= 4 is 34.7 Å². The first-order valence-electron chi connectivity index (χ1n) is 13.2. The van der Waals surface area contributed by atoms with Crippen LogP contribution in [0, 0.1) is 6.92 Å². The van der Waals surface area contributed by atoms with E-state index >= 15 is 0 Å². The molecule has 3 heterocycles. The van der Waals surface area contributed by atoms with E-state index in [0.29, 0.717) is 29.7 Å². The molecule has 1 aliphatic rings. The molecule has 0 saturated carbocycles. The lowest BCUT2D eigenvalue weighted by molar-refractivity contribution is -0.137. The fourth-order valence-electron chi connectivity index (χ4n) is 4.54. The highest BCUT2D eigenvalue weighted by Gasteiger charge is 2.31. The van der Waals surface area contributed by atoms with Crippen molar-refractivity contribution in [1.29, 1.82) is 0 Å². The average molecular weight is 566 g/mol. The summed E-state index contributed by atoms with van der Waals surface area (Å²) in [6, 6.07) is 13.4. The van der Waals surface area contributed by atoms with E-state index in [4.69, 9.17) is 4.74 Å². The molecular formula is C29H30F3N7O2. The van der Waals surface area contributed by atoms with Gasteiger partial charge in [-0.3, -0.25) is 14.6 Å². The molecular weight excluding hydrogens is 535 g/mol. The predicted molar refractivity (Wildman–Crippen MR) is 151 cm³/mol. The lowest BCUT2D eigenvalue weighted by Gasteiger charge is -2.27. The third kappa shape index (κ3) is 7.02. The van der Waals surface area contributed by atoms with Gasteiger partial charge in [-0.2, -0.15) is 13.2 Å². The highest BCUT2D eigenvalue weighted by atomic mass is 19.4. The van der Waals surface area contributed by atoms with Crippen LogP contribution in [-0.4, -0.2) is 65.2 Å². The molecule has 2 aromatic carbocycles. The number of morpholine rings is 1. The molecule has 1 aliphatic heterocycles. The van der Waals surface area contributed by atoms with Gasteiger partial charge in [-0.05, 0) is 48.9 Å². The summed E-state index contributed by atoms with van der Waals surface area (Å²) in [4.78, 5) is 29.2.